The van der Waals surface area contributed by atoms with E-state index in [9.17, 15) is 27.2 Å². The number of rotatable bonds is 5. The highest BCUT2D eigenvalue weighted by Gasteiger charge is 2.33. The number of alkyl halides is 4. The molecule has 1 rings (SSSR count). The van der Waals surface area contributed by atoms with Crippen molar-refractivity contribution in [3.8, 4) is 5.75 Å². The van der Waals surface area contributed by atoms with Crippen molar-refractivity contribution in [3.63, 3.8) is 0 Å². The summed E-state index contributed by atoms with van der Waals surface area (Å²) in [5.41, 5.74) is -1.92. The van der Waals surface area contributed by atoms with Gasteiger partial charge in [-0.05, 0) is 6.92 Å². The van der Waals surface area contributed by atoms with Crippen LogP contribution < -0.4 is 10.2 Å². The predicted octanol–water partition coefficient (Wildman–Crippen LogP) is 1.85. The summed E-state index contributed by atoms with van der Waals surface area (Å²) in [5.74, 6) is -1.87. The summed E-state index contributed by atoms with van der Waals surface area (Å²) in [4.78, 5) is 24.9. The van der Waals surface area contributed by atoms with E-state index >= 15 is 0 Å². The fourth-order valence-electron chi connectivity index (χ4n) is 1.44. The standard InChI is InChI=1S/C11H11F4NO4/c1-2-19-9(18)4-6-3-8(17)10(7(5-12)16-6)20-11(13,14)15/h3H,2,4-5H2,1H3,(H,16,17). The van der Waals surface area contributed by atoms with E-state index in [0.717, 1.165) is 6.07 Å². The average Bonchev–Trinajstić information content (AvgIpc) is 2.31. The Bertz CT molecular complexity index is 538. The summed E-state index contributed by atoms with van der Waals surface area (Å²) in [6, 6.07) is 0.733. The van der Waals surface area contributed by atoms with Gasteiger partial charge in [0.15, 0.2) is 5.75 Å². The van der Waals surface area contributed by atoms with Crippen molar-refractivity contribution in [2.75, 3.05) is 6.61 Å². The van der Waals surface area contributed by atoms with Crippen LogP contribution in [0, 0.1) is 0 Å². The molecule has 112 valence electrons. The van der Waals surface area contributed by atoms with Crippen molar-refractivity contribution in [2.45, 2.75) is 26.4 Å². The summed E-state index contributed by atoms with van der Waals surface area (Å²) >= 11 is 0. The van der Waals surface area contributed by atoms with Gasteiger partial charge in [-0.1, -0.05) is 0 Å². The molecule has 0 radical (unpaired) electrons. The Balaban J connectivity index is 3.07. The lowest BCUT2D eigenvalue weighted by Gasteiger charge is -2.12. The zero-order chi connectivity index (χ0) is 15.3. The normalized spacial score (nSPS) is 11.2. The number of ether oxygens (including phenoxy) is 2. The third-order valence-corrected chi connectivity index (χ3v) is 2.11. The van der Waals surface area contributed by atoms with Crippen molar-refractivity contribution >= 4 is 5.97 Å². The van der Waals surface area contributed by atoms with E-state index in [1.54, 1.807) is 6.92 Å². The molecule has 0 aliphatic heterocycles. The van der Waals surface area contributed by atoms with Crippen LogP contribution in [0.1, 0.15) is 18.3 Å². The predicted molar refractivity (Wildman–Crippen MR) is 58.9 cm³/mol. The van der Waals surface area contributed by atoms with Crippen LogP contribution in [0.4, 0.5) is 17.6 Å². The van der Waals surface area contributed by atoms with Gasteiger partial charge in [0.05, 0.1) is 18.7 Å². The maximum absolute atomic E-state index is 12.7. The van der Waals surface area contributed by atoms with Crippen molar-refractivity contribution in [1.29, 1.82) is 0 Å². The highest BCUT2D eigenvalue weighted by atomic mass is 19.4. The molecule has 0 aromatic carbocycles. The van der Waals surface area contributed by atoms with E-state index in [0.29, 0.717) is 0 Å². The Morgan fingerprint density at radius 2 is 2.05 bits per heavy atom. The Morgan fingerprint density at radius 3 is 2.55 bits per heavy atom. The minimum atomic E-state index is -5.11. The third kappa shape index (κ3) is 4.56. The number of pyridine rings is 1. The number of hydrogen-bond acceptors (Lipinski definition) is 4. The largest absolute Gasteiger partial charge is 0.573 e. The van der Waals surface area contributed by atoms with Crippen molar-refractivity contribution in [2.24, 2.45) is 0 Å². The zero-order valence-corrected chi connectivity index (χ0v) is 10.3. The molecule has 1 aromatic rings. The molecule has 20 heavy (non-hydrogen) atoms. The number of H-pyrrole nitrogens is 1. The summed E-state index contributed by atoms with van der Waals surface area (Å²) < 4.78 is 57.0. The molecule has 0 aliphatic carbocycles. The van der Waals surface area contributed by atoms with E-state index in [1.165, 1.54) is 0 Å². The molecule has 1 heterocycles. The van der Waals surface area contributed by atoms with Crippen LogP contribution in [0.2, 0.25) is 0 Å². The second-order valence-corrected chi connectivity index (χ2v) is 3.63. The smallest absolute Gasteiger partial charge is 0.466 e. The van der Waals surface area contributed by atoms with Crippen LogP contribution >= 0.6 is 0 Å². The van der Waals surface area contributed by atoms with Gasteiger partial charge in [0, 0.05) is 11.8 Å². The average molecular weight is 297 g/mol. The Labute approximate surface area is 110 Å². The Hall–Kier alpha value is -2.06. The monoisotopic (exact) mass is 297 g/mol. The molecule has 0 bridgehead atoms. The lowest BCUT2D eigenvalue weighted by atomic mass is 10.2. The summed E-state index contributed by atoms with van der Waals surface area (Å²) in [5, 5.41) is 0. The number of nitrogens with one attached hydrogen (secondary N) is 1. The number of aromatic amines is 1. The topological polar surface area (TPSA) is 68.4 Å². The van der Waals surface area contributed by atoms with Crippen LogP contribution in [-0.4, -0.2) is 23.9 Å². The first-order chi connectivity index (χ1) is 9.26. The molecule has 5 nitrogen and oxygen atoms in total. The van der Waals surface area contributed by atoms with Gasteiger partial charge in [0.25, 0.3) is 0 Å². The zero-order valence-electron chi connectivity index (χ0n) is 10.3. The van der Waals surface area contributed by atoms with Gasteiger partial charge < -0.3 is 14.5 Å². The number of esters is 1. The van der Waals surface area contributed by atoms with Crippen LogP contribution in [0.25, 0.3) is 0 Å². The van der Waals surface area contributed by atoms with Gasteiger partial charge in [0.1, 0.15) is 6.67 Å². The van der Waals surface area contributed by atoms with Gasteiger partial charge in [-0.2, -0.15) is 0 Å². The molecule has 0 saturated carbocycles. The van der Waals surface area contributed by atoms with Crippen LogP contribution in [0.3, 0.4) is 0 Å². The molecule has 0 aliphatic rings. The van der Waals surface area contributed by atoms with Gasteiger partial charge in [-0.3, -0.25) is 9.59 Å². The van der Waals surface area contributed by atoms with E-state index < -0.39 is 35.9 Å². The number of hydrogen-bond donors (Lipinski definition) is 1. The fraction of sp³-hybridized carbons (Fsp3) is 0.455. The molecule has 0 unspecified atom stereocenters. The first-order valence-electron chi connectivity index (χ1n) is 5.49. The first-order valence-corrected chi connectivity index (χ1v) is 5.49. The van der Waals surface area contributed by atoms with Crippen molar-refractivity contribution < 1.29 is 31.8 Å². The van der Waals surface area contributed by atoms with Gasteiger partial charge in [-0.15, -0.1) is 13.2 Å². The highest BCUT2D eigenvalue weighted by molar-refractivity contribution is 5.72. The molecule has 1 aromatic heterocycles. The Morgan fingerprint density at radius 1 is 1.40 bits per heavy atom. The van der Waals surface area contributed by atoms with E-state index in [-0.39, 0.29) is 18.7 Å². The van der Waals surface area contributed by atoms with Crippen LogP contribution in [-0.2, 0) is 22.6 Å². The van der Waals surface area contributed by atoms with E-state index in [1.807, 2.05) is 0 Å². The number of halogens is 4. The van der Waals surface area contributed by atoms with Crippen molar-refractivity contribution in [3.05, 3.63) is 27.7 Å². The maximum atomic E-state index is 12.7. The molecular formula is C11H11F4NO4. The van der Waals surface area contributed by atoms with E-state index in [4.69, 9.17) is 0 Å². The molecular weight excluding hydrogens is 286 g/mol. The molecule has 1 N–H and O–H groups in total. The number of aromatic nitrogens is 1. The van der Waals surface area contributed by atoms with Gasteiger partial charge >= 0.3 is 12.3 Å². The second kappa shape index (κ2) is 6.40. The van der Waals surface area contributed by atoms with Crippen LogP contribution in [0.15, 0.2) is 10.9 Å². The first kappa shape index (κ1) is 16.0. The quantitative estimate of drug-likeness (QED) is 0.665. The number of carbonyl (C=O) groups excluding carboxylic acids is 1. The molecule has 0 saturated heterocycles. The Kier molecular flexibility index (Phi) is 5.12. The van der Waals surface area contributed by atoms with Gasteiger partial charge in [-0.25, -0.2) is 4.39 Å². The van der Waals surface area contributed by atoms with E-state index in [2.05, 4.69) is 14.5 Å². The fourth-order valence-corrected chi connectivity index (χ4v) is 1.44. The lowest BCUT2D eigenvalue weighted by molar-refractivity contribution is -0.275. The number of carbonyl (C=O) groups is 1. The second-order valence-electron chi connectivity index (χ2n) is 3.63. The minimum Gasteiger partial charge on any atom is -0.466 e. The maximum Gasteiger partial charge on any atom is 0.573 e. The molecule has 9 heteroatoms. The third-order valence-electron chi connectivity index (χ3n) is 2.11. The van der Waals surface area contributed by atoms with Crippen molar-refractivity contribution in [1.82, 2.24) is 4.98 Å². The van der Waals surface area contributed by atoms with Crippen LogP contribution in [0.5, 0.6) is 5.75 Å². The summed E-state index contributed by atoms with van der Waals surface area (Å²) in [7, 11) is 0. The SMILES string of the molecule is CCOC(=O)Cc1cc(=O)c(OC(F)(F)F)c(CF)[nH]1. The van der Waals surface area contributed by atoms with Gasteiger partial charge in [0.2, 0.25) is 5.43 Å². The minimum absolute atomic E-state index is 0.0596. The highest BCUT2D eigenvalue weighted by Crippen LogP contribution is 2.23. The molecule has 0 fully saturated rings. The molecule has 0 spiro atoms. The molecule has 0 amide bonds. The summed E-state index contributed by atoms with van der Waals surface area (Å²) in [6.45, 7) is 0.291. The lowest BCUT2D eigenvalue weighted by Crippen LogP contribution is -2.24. The molecule has 0 atom stereocenters. The summed E-state index contributed by atoms with van der Waals surface area (Å²) in [6.07, 6.45) is -5.50.